The summed E-state index contributed by atoms with van der Waals surface area (Å²) < 4.78 is 6.99. The number of amides is 1. The monoisotopic (exact) mass is 438 g/mol. The van der Waals surface area contributed by atoms with Crippen LogP contribution < -0.4 is 0 Å². The fraction of sp³-hybridized carbons (Fsp3) is 0.310. The number of carbonyl (C=O) groups is 1. The fourth-order valence-corrected chi connectivity index (χ4v) is 4.95. The van der Waals surface area contributed by atoms with Crippen LogP contribution in [-0.4, -0.2) is 31.0 Å². The standard InChI is InChI=1S/C29H30N2O2/c1-31-22-20-28(27(31)32,19-11-12-21-30)23-33-29(24-13-5-2-6-14-24,25-15-7-3-8-16-25)26-17-9-4-10-18-26/h2-10,13-18H,11-12,19-20,22-23H2,1H3/t28-/m1/s1. The van der Waals surface area contributed by atoms with Gasteiger partial charge in [-0.05, 0) is 36.0 Å². The summed E-state index contributed by atoms with van der Waals surface area (Å²) in [5.41, 5.74) is 1.60. The Morgan fingerprint density at radius 2 is 1.39 bits per heavy atom. The van der Waals surface area contributed by atoms with Crippen LogP contribution in [0.15, 0.2) is 91.0 Å². The van der Waals surface area contributed by atoms with E-state index in [0.717, 1.165) is 23.1 Å². The van der Waals surface area contributed by atoms with Gasteiger partial charge in [-0.3, -0.25) is 4.79 Å². The molecule has 1 amide bonds. The SMILES string of the molecule is CN1CC[C@](CCCC#N)(COC(c2ccccc2)(c2ccccc2)c2ccccc2)C1=O. The molecule has 0 spiro atoms. The molecule has 3 aromatic rings. The zero-order valence-corrected chi connectivity index (χ0v) is 19.1. The third-order valence-corrected chi connectivity index (χ3v) is 6.78. The maximum absolute atomic E-state index is 13.3. The molecule has 0 aliphatic carbocycles. The third-order valence-electron chi connectivity index (χ3n) is 6.78. The van der Waals surface area contributed by atoms with E-state index in [2.05, 4.69) is 42.5 Å². The molecule has 1 atom stereocenters. The molecule has 0 bridgehead atoms. The summed E-state index contributed by atoms with van der Waals surface area (Å²) in [5, 5.41) is 9.07. The smallest absolute Gasteiger partial charge is 0.230 e. The van der Waals surface area contributed by atoms with Gasteiger partial charge < -0.3 is 9.64 Å². The Morgan fingerprint density at radius 3 is 1.79 bits per heavy atom. The normalized spacial score (nSPS) is 18.3. The third kappa shape index (κ3) is 4.42. The first-order chi connectivity index (χ1) is 16.1. The number of ether oxygens (including phenoxy) is 1. The molecule has 4 heteroatoms. The molecule has 1 heterocycles. The van der Waals surface area contributed by atoms with Gasteiger partial charge in [0.2, 0.25) is 5.91 Å². The first-order valence-electron chi connectivity index (χ1n) is 11.6. The summed E-state index contributed by atoms with van der Waals surface area (Å²) in [6.45, 7) is 1.00. The maximum atomic E-state index is 13.3. The zero-order valence-electron chi connectivity index (χ0n) is 19.1. The Labute approximate surface area is 196 Å². The Morgan fingerprint density at radius 1 is 0.909 bits per heavy atom. The van der Waals surface area contributed by atoms with Crippen LogP contribution in [0.2, 0.25) is 0 Å². The second kappa shape index (κ2) is 10.0. The van der Waals surface area contributed by atoms with Crippen molar-refractivity contribution in [2.75, 3.05) is 20.2 Å². The number of unbranched alkanes of at least 4 members (excludes halogenated alkanes) is 1. The molecule has 33 heavy (non-hydrogen) atoms. The van der Waals surface area contributed by atoms with Crippen molar-refractivity contribution in [2.45, 2.75) is 31.3 Å². The highest BCUT2D eigenvalue weighted by Gasteiger charge is 2.48. The van der Waals surface area contributed by atoms with Crippen LogP contribution in [-0.2, 0) is 15.1 Å². The first kappa shape index (κ1) is 22.8. The molecular weight excluding hydrogens is 408 g/mol. The molecule has 1 aliphatic heterocycles. The summed E-state index contributed by atoms with van der Waals surface area (Å²) in [7, 11) is 1.85. The molecule has 0 saturated carbocycles. The Hall–Kier alpha value is -3.42. The minimum absolute atomic E-state index is 0.114. The Kier molecular flexibility index (Phi) is 6.91. The predicted molar refractivity (Wildman–Crippen MR) is 129 cm³/mol. The second-order valence-electron chi connectivity index (χ2n) is 8.84. The van der Waals surface area contributed by atoms with E-state index in [1.807, 2.05) is 61.6 Å². The summed E-state index contributed by atoms with van der Waals surface area (Å²) in [4.78, 5) is 15.1. The molecule has 0 N–H and O–H groups in total. The van der Waals surface area contributed by atoms with Crippen LogP contribution in [0.25, 0.3) is 0 Å². The number of likely N-dealkylation sites (tertiary alicyclic amines) is 1. The average Bonchev–Trinajstić information content (AvgIpc) is 3.16. The van der Waals surface area contributed by atoms with Gasteiger partial charge in [0.15, 0.2) is 0 Å². The molecule has 0 unspecified atom stereocenters. The Balaban J connectivity index is 1.82. The van der Waals surface area contributed by atoms with E-state index in [-0.39, 0.29) is 5.91 Å². The average molecular weight is 439 g/mol. The van der Waals surface area contributed by atoms with Crippen molar-refractivity contribution in [3.8, 4) is 6.07 Å². The van der Waals surface area contributed by atoms with E-state index < -0.39 is 11.0 Å². The van der Waals surface area contributed by atoms with Crippen molar-refractivity contribution >= 4 is 5.91 Å². The van der Waals surface area contributed by atoms with Crippen molar-refractivity contribution in [2.24, 2.45) is 5.41 Å². The quantitative estimate of drug-likeness (QED) is 0.326. The van der Waals surface area contributed by atoms with E-state index in [9.17, 15) is 4.79 Å². The summed E-state index contributed by atoms with van der Waals surface area (Å²) in [6, 6.07) is 32.9. The van der Waals surface area contributed by atoms with Crippen LogP contribution in [0.1, 0.15) is 42.4 Å². The van der Waals surface area contributed by atoms with E-state index in [1.54, 1.807) is 4.90 Å². The summed E-state index contributed by atoms with van der Waals surface area (Å²) >= 11 is 0. The van der Waals surface area contributed by atoms with E-state index >= 15 is 0 Å². The summed E-state index contributed by atoms with van der Waals surface area (Å²) in [6.07, 6.45) is 2.52. The van der Waals surface area contributed by atoms with Gasteiger partial charge in [-0.25, -0.2) is 0 Å². The van der Waals surface area contributed by atoms with Gasteiger partial charge in [0.25, 0.3) is 0 Å². The number of rotatable bonds is 9. The molecule has 1 saturated heterocycles. The summed E-state index contributed by atoms with van der Waals surface area (Å²) in [5.74, 6) is 0.114. The first-order valence-corrected chi connectivity index (χ1v) is 11.6. The maximum Gasteiger partial charge on any atom is 0.230 e. The van der Waals surface area contributed by atoms with Gasteiger partial charge in [0.05, 0.1) is 18.1 Å². The largest absolute Gasteiger partial charge is 0.360 e. The lowest BCUT2D eigenvalue weighted by Crippen LogP contribution is -2.42. The molecule has 0 aromatic heterocycles. The van der Waals surface area contributed by atoms with E-state index in [0.29, 0.717) is 32.4 Å². The lowest BCUT2D eigenvalue weighted by atomic mass is 9.78. The van der Waals surface area contributed by atoms with Gasteiger partial charge >= 0.3 is 0 Å². The minimum atomic E-state index is -0.854. The molecular formula is C29H30N2O2. The highest BCUT2D eigenvalue weighted by atomic mass is 16.5. The lowest BCUT2D eigenvalue weighted by molar-refractivity contribution is -0.141. The molecule has 168 valence electrons. The molecule has 3 aromatic carbocycles. The molecule has 4 rings (SSSR count). The van der Waals surface area contributed by atoms with Gasteiger partial charge in [0.1, 0.15) is 5.60 Å². The van der Waals surface area contributed by atoms with E-state index in [1.165, 1.54) is 0 Å². The molecule has 0 radical (unpaired) electrons. The number of carbonyl (C=O) groups excluding carboxylic acids is 1. The second-order valence-corrected chi connectivity index (χ2v) is 8.84. The highest BCUT2D eigenvalue weighted by Crippen LogP contribution is 2.44. The van der Waals surface area contributed by atoms with Crippen molar-refractivity contribution < 1.29 is 9.53 Å². The van der Waals surface area contributed by atoms with Crippen LogP contribution in [0, 0.1) is 16.7 Å². The van der Waals surface area contributed by atoms with Crippen molar-refractivity contribution in [1.82, 2.24) is 4.90 Å². The zero-order chi connectivity index (χ0) is 23.2. The highest BCUT2D eigenvalue weighted by molar-refractivity contribution is 5.84. The molecule has 1 aliphatic rings. The minimum Gasteiger partial charge on any atom is -0.360 e. The van der Waals surface area contributed by atoms with Gasteiger partial charge in [-0.15, -0.1) is 0 Å². The van der Waals surface area contributed by atoms with Crippen molar-refractivity contribution in [3.63, 3.8) is 0 Å². The topological polar surface area (TPSA) is 53.3 Å². The fourth-order valence-electron chi connectivity index (χ4n) is 4.95. The van der Waals surface area contributed by atoms with Crippen molar-refractivity contribution in [1.29, 1.82) is 5.26 Å². The molecule has 1 fully saturated rings. The number of hydrogen-bond acceptors (Lipinski definition) is 3. The number of benzene rings is 3. The predicted octanol–water partition coefficient (Wildman–Crippen LogP) is 5.54. The lowest BCUT2D eigenvalue weighted by Gasteiger charge is -2.39. The van der Waals surface area contributed by atoms with E-state index in [4.69, 9.17) is 10.00 Å². The van der Waals surface area contributed by atoms with Gasteiger partial charge in [-0.1, -0.05) is 91.0 Å². The number of nitrogens with zero attached hydrogens (tertiary/aromatic N) is 2. The van der Waals surface area contributed by atoms with Crippen LogP contribution in [0.3, 0.4) is 0 Å². The molecule has 4 nitrogen and oxygen atoms in total. The van der Waals surface area contributed by atoms with Crippen LogP contribution in [0.5, 0.6) is 0 Å². The van der Waals surface area contributed by atoms with Gasteiger partial charge in [-0.2, -0.15) is 5.26 Å². The number of nitriles is 1. The van der Waals surface area contributed by atoms with Crippen molar-refractivity contribution in [3.05, 3.63) is 108 Å². The number of hydrogen-bond donors (Lipinski definition) is 0. The van der Waals surface area contributed by atoms with Crippen LogP contribution >= 0.6 is 0 Å². The van der Waals surface area contributed by atoms with Gasteiger partial charge in [0, 0.05) is 20.0 Å². The van der Waals surface area contributed by atoms with Crippen LogP contribution in [0.4, 0.5) is 0 Å². The Bertz CT molecular complexity index is 996.